The third-order valence-electron chi connectivity index (χ3n) is 0.813. The van der Waals surface area contributed by atoms with Crippen molar-refractivity contribution in [2.24, 2.45) is 0 Å². The molecule has 0 saturated heterocycles. The molecule has 0 bridgehead atoms. The number of hydrogen-bond donors (Lipinski definition) is 1. The van der Waals surface area contributed by atoms with Gasteiger partial charge in [-0.2, -0.15) is 0 Å². The maximum absolute atomic E-state index is 11.1. The fourth-order valence-corrected chi connectivity index (χ4v) is 1.47. The summed E-state index contributed by atoms with van der Waals surface area (Å²) < 4.78 is 13.0. The minimum atomic E-state index is -0.784. The Labute approximate surface area is 96.9 Å². The van der Waals surface area contributed by atoms with E-state index in [1.165, 1.54) is 0 Å². The second kappa shape index (κ2) is 5.16. The summed E-state index contributed by atoms with van der Waals surface area (Å²) >= 11 is -0.784. The van der Waals surface area contributed by atoms with Crippen molar-refractivity contribution < 1.29 is 34.5 Å². The van der Waals surface area contributed by atoms with Gasteiger partial charge in [-0.1, -0.05) is 0 Å². The van der Waals surface area contributed by atoms with Crippen LogP contribution in [0.15, 0.2) is 0 Å². The zero-order valence-electron chi connectivity index (χ0n) is 9.60. The summed E-state index contributed by atoms with van der Waals surface area (Å²) in [6, 6.07) is 0. The van der Waals surface area contributed by atoms with Gasteiger partial charge in [-0.15, -0.1) is 0 Å². The summed E-state index contributed by atoms with van der Waals surface area (Å²) in [5.41, 5.74) is -0.502. The zero-order valence-corrected chi connectivity index (χ0v) is 11.8. The molecule has 0 radical (unpaired) electrons. The first-order valence-corrected chi connectivity index (χ1v) is 6.37. The SMILES string of the molecule is CC(C)(C)N[I-]OC(=O)OC(C)(C)C. The van der Waals surface area contributed by atoms with E-state index in [0.717, 1.165) is 0 Å². The molecule has 0 unspecified atom stereocenters. The molecule has 0 saturated carbocycles. The number of ether oxygens (including phenoxy) is 1. The molecule has 0 amide bonds. The third-order valence-corrected chi connectivity index (χ3v) is 3.23. The summed E-state index contributed by atoms with van der Waals surface area (Å²) in [5.74, 6) is 0. The first-order valence-electron chi connectivity index (χ1n) is 4.41. The third kappa shape index (κ3) is 10.0. The van der Waals surface area contributed by atoms with Crippen molar-refractivity contribution in [1.29, 1.82) is 0 Å². The van der Waals surface area contributed by atoms with Crippen LogP contribution in [-0.2, 0) is 7.80 Å². The molecule has 0 aromatic heterocycles. The molecule has 5 heteroatoms. The van der Waals surface area contributed by atoms with Crippen molar-refractivity contribution in [2.45, 2.75) is 52.7 Å². The van der Waals surface area contributed by atoms with Crippen LogP contribution in [0.3, 0.4) is 0 Å². The van der Waals surface area contributed by atoms with E-state index in [1.54, 1.807) is 0 Å². The number of rotatable bonds is 2. The normalized spacial score (nSPS) is 12.7. The van der Waals surface area contributed by atoms with Crippen LogP contribution in [0, 0.1) is 0 Å². The summed E-state index contributed by atoms with van der Waals surface area (Å²) in [4.78, 5) is 11.1. The molecule has 4 nitrogen and oxygen atoms in total. The number of halogens is 1. The molecule has 0 spiro atoms. The predicted octanol–water partition coefficient (Wildman–Crippen LogP) is -0.755. The predicted molar refractivity (Wildman–Crippen MR) is 50.2 cm³/mol. The minimum absolute atomic E-state index is 0.0186. The Bertz CT molecular complexity index is 193. The number of nitrogens with one attached hydrogen (secondary N) is 1. The van der Waals surface area contributed by atoms with Gasteiger partial charge in [-0.3, -0.25) is 0 Å². The van der Waals surface area contributed by atoms with Crippen molar-refractivity contribution in [3.63, 3.8) is 0 Å². The van der Waals surface area contributed by atoms with Crippen LogP contribution in [-0.4, -0.2) is 17.3 Å². The molecule has 0 heterocycles. The molecular formula is C9H19INO3-. The van der Waals surface area contributed by atoms with Crippen LogP contribution < -0.4 is 25.4 Å². The van der Waals surface area contributed by atoms with Gasteiger partial charge in [0.25, 0.3) is 0 Å². The van der Waals surface area contributed by atoms with Crippen LogP contribution in [0.25, 0.3) is 0 Å². The van der Waals surface area contributed by atoms with Gasteiger partial charge in [0.05, 0.1) is 0 Å². The summed E-state index contributed by atoms with van der Waals surface area (Å²) in [5, 5.41) is 0. The molecule has 0 aliphatic heterocycles. The van der Waals surface area contributed by atoms with E-state index in [2.05, 4.69) is 3.53 Å². The van der Waals surface area contributed by atoms with Crippen molar-refractivity contribution in [3.8, 4) is 0 Å². The van der Waals surface area contributed by atoms with Gasteiger partial charge >= 0.3 is 96.9 Å². The van der Waals surface area contributed by atoms with Gasteiger partial charge in [0.15, 0.2) is 0 Å². The molecule has 14 heavy (non-hydrogen) atoms. The first kappa shape index (κ1) is 14.0. The number of carbonyl (C=O) groups excluding carboxylic acids is 1. The molecule has 86 valence electrons. The fourth-order valence-electron chi connectivity index (χ4n) is 0.432. The summed E-state index contributed by atoms with van der Waals surface area (Å²) in [6.07, 6.45) is -0.595. The van der Waals surface area contributed by atoms with Gasteiger partial charge < -0.3 is 0 Å². The van der Waals surface area contributed by atoms with Crippen molar-refractivity contribution in [3.05, 3.63) is 0 Å². The fraction of sp³-hybridized carbons (Fsp3) is 0.889. The van der Waals surface area contributed by atoms with Crippen LogP contribution in [0.4, 0.5) is 4.79 Å². The maximum atomic E-state index is 11.1. The average molecular weight is 316 g/mol. The average Bonchev–Trinajstić information content (AvgIpc) is 1.78. The van der Waals surface area contributed by atoms with Crippen LogP contribution in [0.5, 0.6) is 0 Å². The van der Waals surface area contributed by atoms with Gasteiger partial charge in [-0.05, 0) is 0 Å². The van der Waals surface area contributed by atoms with E-state index >= 15 is 0 Å². The Balaban J connectivity index is 3.66. The van der Waals surface area contributed by atoms with E-state index in [1.807, 2.05) is 41.5 Å². The Hall–Kier alpha value is -0.0400. The van der Waals surface area contributed by atoms with E-state index in [0.29, 0.717) is 0 Å². The number of carbonyl (C=O) groups is 1. The molecule has 0 aliphatic rings. The molecule has 0 atom stereocenters. The second-order valence-electron chi connectivity index (χ2n) is 4.96. The van der Waals surface area contributed by atoms with Crippen molar-refractivity contribution in [2.75, 3.05) is 0 Å². The Kier molecular flexibility index (Phi) is 5.14. The Morgan fingerprint density at radius 1 is 1.14 bits per heavy atom. The van der Waals surface area contributed by atoms with Crippen LogP contribution >= 0.6 is 0 Å². The summed E-state index contributed by atoms with van der Waals surface area (Å²) in [7, 11) is 0. The topological polar surface area (TPSA) is 47.6 Å². The van der Waals surface area contributed by atoms with Gasteiger partial charge in [-0.25, -0.2) is 0 Å². The van der Waals surface area contributed by atoms with Crippen LogP contribution in [0.1, 0.15) is 41.5 Å². The van der Waals surface area contributed by atoms with E-state index in [-0.39, 0.29) is 5.54 Å². The van der Waals surface area contributed by atoms with Gasteiger partial charge in [0.1, 0.15) is 0 Å². The van der Waals surface area contributed by atoms with E-state index in [9.17, 15) is 4.79 Å². The Morgan fingerprint density at radius 2 is 1.64 bits per heavy atom. The van der Waals surface area contributed by atoms with E-state index < -0.39 is 33.7 Å². The molecule has 0 rings (SSSR count). The van der Waals surface area contributed by atoms with Gasteiger partial charge in [0.2, 0.25) is 0 Å². The van der Waals surface area contributed by atoms with Crippen molar-refractivity contribution in [1.82, 2.24) is 3.53 Å². The monoisotopic (exact) mass is 316 g/mol. The Morgan fingerprint density at radius 3 is 2.00 bits per heavy atom. The van der Waals surface area contributed by atoms with Crippen molar-refractivity contribution >= 4 is 6.16 Å². The molecule has 0 aromatic carbocycles. The summed E-state index contributed by atoms with van der Waals surface area (Å²) in [6.45, 7) is 11.5. The first-order chi connectivity index (χ1) is 6.10. The molecular weight excluding hydrogens is 297 g/mol. The second-order valence-corrected chi connectivity index (χ2v) is 6.38. The molecule has 0 aliphatic carbocycles. The van der Waals surface area contributed by atoms with Gasteiger partial charge in [0, 0.05) is 0 Å². The van der Waals surface area contributed by atoms with Crippen LogP contribution in [0.2, 0.25) is 0 Å². The standard InChI is InChI=1S/C9H19INO3/c1-8(2,3)11-10-14-7(12)13-9(4,5)6/h11H,1-6H3/q-1. The number of hydrogen-bond acceptors (Lipinski definition) is 4. The van der Waals surface area contributed by atoms with E-state index in [4.69, 9.17) is 7.80 Å². The molecule has 1 N–H and O–H groups in total. The molecule has 0 aromatic rings. The molecule has 0 fully saturated rings. The zero-order chi connectivity index (χ0) is 11.4. The quantitative estimate of drug-likeness (QED) is 0.414.